The number of nitrogens with one attached hydrogen (secondary N) is 2. The van der Waals surface area contributed by atoms with E-state index < -0.39 is 0 Å². The van der Waals surface area contributed by atoms with E-state index in [4.69, 9.17) is 4.42 Å². The normalized spacial score (nSPS) is 12.0. The Morgan fingerprint density at radius 3 is 2.69 bits per heavy atom. The molecule has 8 heteroatoms. The second-order valence-corrected chi connectivity index (χ2v) is 8.39. The van der Waals surface area contributed by atoms with Crippen LogP contribution in [0.25, 0.3) is 0 Å². The van der Waals surface area contributed by atoms with E-state index in [1.54, 1.807) is 6.26 Å². The molecule has 2 N–H and O–H groups in total. The molecule has 0 spiro atoms. The van der Waals surface area contributed by atoms with Crippen LogP contribution in [-0.2, 0) is 11.3 Å². The number of benzene rings is 1. The number of aromatic nitrogens is 2. The maximum absolute atomic E-state index is 12.5. The first-order valence-electron chi connectivity index (χ1n) is 8.16. The molecule has 6 nitrogen and oxygen atoms in total. The number of hydrogen-bond donors (Lipinski definition) is 2. The lowest BCUT2D eigenvalue weighted by Crippen LogP contribution is -2.23. The minimum Gasteiger partial charge on any atom is -0.467 e. The highest BCUT2D eigenvalue weighted by atomic mass is 32.2. The smallest absolute Gasteiger partial charge is 0.237 e. The largest absolute Gasteiger partial charge is 0.467 e. The predicted molar refractivity (Wildman–Crippen MR) is 106 cm³/mol. The summed E-state index contributed by atoms with van der Waals surface area (Å²) in [6.07, 6.45) is 1.63. The summed E-state index contributed by atoms with van der Waals surface area (Å²) in [6, 6.07) is 9.69. The SMILES string of the molecule is Cc1cccc(C)c1NC(=O)[C@@H](C)Sc1nnc(NCc2ccco2)s1. The highest BCUT2D eigenvalue weighted by molar-refractivity contribution is 8.02. The van der Waals surface area contributed by atoms with E-state index in [0.717, 1.165) is 26.9 Å². The summed E-state index contributed by atoms with van der Waals surface area (Å²) in [5, 5.41) is 14.8. The third-order valence-electron chi connectivity index (χ3n) is 3.78. The molecule has 0 fully saturated rings. The van der Waals surface area contributed by atoms with E-state index >= 15 is 0 Å². The maximum Gasteiger partial charge on any atom is 0.237 e. The van der Waals surface area contributed by atoms with Gasteiger partial charge in [0.05, 0.1) is 18.1 Å². The molecule has 136 valence electrons. The van der Waals surface area contributed by atoms with Crippen molar-refractivity contribution in [1.82, 2.24) is 10.2 Å². The van der Waals surface area contributed by atoms with Gasteiger partial charge < -0.3 is 15.1 Å². The maximum atomic E-state index is 12.5. The monoisotopic (exact) mass is 388 g/mol. The minimum atomic E-state index is -0.278. The topological polar surface area (TPSA) is 80.0 Å². The lowest BCUT2D eigenvalue weighted by molar-refractivity contribution is -0.115. The highest BCUT2D eigenvalue weighted by Gasteiger charge is 2.18. The van der Waals surface area contributed by atoms with Gasteiger partial charge >= 0.3 is 0 Å². The number of aryl methyl sites for hydroxylation is 2. The van der Waals surface area contributed by atoms with Crippen LogP contribution in [0.3, 0.4) is 0 Å². The molecule has 0 radical (unpaired) electrons. The fourth-order valence-electron chi connectivity index (χ4n) is 2.35. The summed E-state index contributed by atoms with van der Waals surface area (Å²) >= 11 is 2.82. The molecule has 3 aromatic rings. The number of carbonyl (C=O) groups excluding carboxylic acids is 1. The highest BCUT2D eigenvalue weighted by Crippen LogP contribution is 2.30. The van der Waals surface area contributed by atoms with Gasteiger partial charge in [0, 0.05) is 5.69 Å². The average Bonchev–Trinajstić information content (AvgIpc) is 3.28. The molecular formula is C18H20N4O2S2. The van der Waals surface area contributed by atoms with Crippen molar-refractivity contribution in [3.63, 3.8) is 0 Å². The van der Waals surface area contributed by atoms with Crippen molar-refractivity contribution in [1.29, 1.82) is 0 Å². The van der Waals surface area contributed by atoms with Crippen LogP contribution in [0.2, 0.25) is 0 Å². The third kappa shape index (κ3) is 4.64. The molecule has 1 atom stereocenters. The minimum absolute atomic E-state index is 0.0484. The molecule has 0 aliphatic carbocycles. The Bertz CT molecular complexity index is 857. The Kier molecular flexibility index (Phi) is 5.95. The molecule has 26 heavy (non-hydrogen) atoms. The molecule has 1 aromatic carbocycles. The molecular weight excluding hydrogens is 368 g/mol. The Morgan fingerprint density at radius 2 is 2.00 bits per heavy atom. The molecule has 0 saturated carbocycles. The summed E-state index contributed by atoms with van der Waals surface area (Å²) in [4.78, 5) is 12.5. The Labute approximate surface area is 160 Å². The first kappa shape index (κ1) is 18.5. The van der Waals surface area contributed by atoms with Gasteiger partial charge in [-0.05, 0) is 44.0 Å². The predicted octanol–water partition coefficient (Wildman–Crippen LogP) is 4.48. The Hall–Kier alpha value is -2.32. The quantitative estimate of drug-likeness (QED) is 0.581. The van der Waals surface area contributed by atoms with Gasteiger partial charge in [0.2, 0.25) is 11.0 Å². The average molecular weight is 389 g/mol. The zero-order chi connectivity index (χ0) is 18.5. The van der Waals surface area contributed by atoms with Crippen LogP contribution in [0.1, 0.15) is 23.8 Å². The van der Waals surface area contributed by atoms with Gasteiger partial charge in [0.15, 0.2) is 4.34 Å². The molecule has 0 saturated heterocycles. The van der Waals surface area contributed by atoms with Crippen LogP contribution in [0.15, 0.2) is 45.4 Å². The van der Waals surface area contributed by atoms with Crippen LogP contribution in [-0.4, -0.2) is 21.4 Å². The van der Waals surface area contributed by atoms with E-state index in [0.29, 0.717) is 11.7 Å². The molecule has 2 aromatic heterocycles. The standard InChI is InChI=1S/C18H20N4O2S2/c1-11-6-4-7-12(2)15(11)20-16(23)13(3)25-18-22-21-17(26-18)19-10-14-8-5-9-24-14/h4-9,13H,10H2,1-3H3,(H,19,21)(H,20,23)/t13-/m1/s1. The fourth-order valence-corrected chi connectivity index (χ4v) is 4.24. The zero-order valence-electron chi connectivity index (χ0n) is 14.8. The summed E-state index contributed by atoms with van der Waals surface area (Å²) in [5.74, 6) is 0.781. The number of hydrogen-bond acceptors (Lipinski definition) is 7. The third-order valence-corrected chi connectivity index (χ3v) is 5.84. The van der Waals surface area contributed by atoms with E-state index in [1.807, 2.05) is 51.1 Å². The second-order valence-electron chi connectivity index (χ2n) is 5.82. The summed E-state index contributed by atoms with van der Waals surface area (Å²) in [7, 11) is 0. The number of carbonyl (C=O) groups is 1. The molecule has 0 bridgehead atoms. The fraction of sp³-hybridized carbons (Fsp3) is 0.278. The zero-order valence-corrected chi connectivity index (χ0v) is 16.4. The Morgan fingerprint density at radius 1 is 1.23 bits per heavy atom. The number of amides is 1. The second kappa shape index (κ2) is 8.37. The van der Waals surface area contributed by atoms with E-state index in [2.05, 4.69) is 20.8 Å². The lowest BCUT2D eigenvalue weighted by Gasteiger charge is -2.14. The molecule has 0 unspecified atom stereocenters. The van der Waals surface area contributed by atoms with Crippen molar-refractivity contribution < 1.29 is 9.21 Å². The van der Waals surface area contributed by atoms with Crippen molar-refractivity contribution in [3.05, 3.63) is 53.5 Å². The number of furan rings is 1. The summed E-state index contributed by atoms with van der Waals surface area (Å²) in [5.41, 5.74) is 2.98. The number of para-hydroxylation sites is 1. The van der Waals surface area contributed by atoms with Crippen LogP contribution < -0.4 is 10.6 Å². The summed E-state index contributed by atoms with van der Waals surface area (Å²) in [6.45, 7) is 6.39. The van der Waals surface area contributed by atoms with Crippen LogP contribution in [0.4, 0.5) is 10.8 Å². The number of anilines is 2. The van der Waals surface area contributed by atoms with Crippen molar-refractivity contribution in [2.75, 3.05) is 10.6 Å². The van der Waals surface area contributed by atoms with Crippen molar-refractivity contribution in [3.8, 4) is 0 Å². The van der Waals surface area contributed by atoms with Gasteiger partial charge in [-0.2, -0.15) is 0 Å². The lowest BCUT2D eigenvalue weighted by atomic mass is 10.1. The summed E-state index contributed by atoms with van der Waals surface area (Å²) < 4.78 is 6.02. The van der Waals surface area contributed by atoms with Crippen LogP contribution in [0, 0.1) is 13.8 Å². The van der Waals surface area contributed by atoms with E-state index in [-0.39, 0.29) is 11.2 Å². The molecule has 3 rings (SSSR count). The number of rotatable bonds is 7. The van der Waals surface area contributed by atoms with E-state index in [1.165, 1.54) is 23.1 Å². The first-order chi connectivity index (χ1) is 12.5. The Balaban J connectivity index is 1.55. The molecule has 0 aliphatic heterocycles. The van der Waals surface area contributed by atoms with Crippen LogP contribution in [0.5, 0.6) is 0 Å². The van der Waals surface area contributed by atoms with Gasteiger partial charge in [0.25, 0.3) is 0 Å². The molecule has 1 amide bonds. The van der Waals surface area contributed by atoms with Crippen molar-refractivity contribution in [2.24, 2.45) is 0 Å². The van der Waals surface area contributed by atoms with Crippen molar-refractivity contribution in [2.45, 2.75) is 36.9 Å². The molecule has 0 aliphatic rings. The number of nitrogens with zero attached hydrogens (tertiary/aromatic N) is 2. The van der Waals surface area contributed by atoms with Crippen molar-refractivity contribution >= 4 is 39.8 Å². The van der Waals surface area contributed by atoms with Gasteiger partial charge in [-0.1, -0.05) is 41.3 Å². The van der Waals surface area contributed by atoms with Gasteiger partial charge in [0.1, 0.15) is 5.76 Å². The molecule has 2 heterocycles. The number of thioether (sulfide) groups is 1. The van der Waals surface area contributed by atoms with E-state index in [9.17, 15) is 4.79 Å². The van der Waals surface area contributed by atoms with Crippen LogP contribution >= 0.6 is 23.1 Å². The van der Waals surface area contributed by atoms with Gasteiger partial charge in [-0.25, -0.2) is 0 Å². The first-order valence-corrected chi connectivity index (χ1v) is 9.86. The van der Waals surface area contributed by atoms with Gasteiger partial charge in [-0.3, -0.25) is 4.79 Å². The van der Waals surface area contributed by atoms with Gasteiger partial charge in [-0.15, -0.1) is 10.2 Å².